The summed E-state index contributed by atoms with van der Waals surface area (Å²) in [6, 6.07) is 0.926. The standard InChI is InChI=1S/C16H32O2Si/c1-6-7-8-9-10-11-12-13-15(16(17)18-2)14-19(3,4)5/h13H,6-12,14H2,1-5H3/b15-13+. The molecule has 0 rings (SSSR count). The van der Waals surface area contributed by atoms with Crippen LogP contribution in [0.5, 0.6) is 0 Å². The predicted molar refractivity (Wildman–Crippen MR) is 86.2 cm³/mol. The number of carbonyl (C=O) groups excluding carboxylic acids is 1. The minimum Gasteiger partial charge on any atom is -0.466 e. The zero-order chi connectivity index (χ0) is 14.7. The fourth-order valence-corrected chi connectivity index (χ4v) is 3.56. The van der Waals surface area contributed by atoms with Crippen molar-refractivity contribution in [3.05, 3.63) is 11.6 Å². The summed E-state index contributed by atoms with van der Waals surface area (Å²) in [7, 11) is 0.223. The molecule has 19 heavy (non-hydrogen) atoms. The first-order valence-electron chi connectivity index (χ1n) is 7.68. The Kier molecular flexibility index (Phi) is 9.93. The van der Waals surface area contributed by atoms with Crippen LogP contribution in [-0.4, -0.2) is 21.2 Å². The summed E-state index contributed by atoms with van der Waals surface area (Å²) in [5.74, 6) is -0.131. The molecular weight excluding hydrogens is 252 g/mol. The first-order chi connectivity index (χ1) is 8.90. The Morgan fingerprint density at radius 2 is 1.63 bits per heavy atom. The van der Waals surface area contributed by atoms with Crippen LogP contribution in [0.3, 0.4) is 0 Å². The third kappa shape index (κ3) is 11.0. The van der Waals surface area contributed by atoms with Crippen molar-refractivity contribution in [2.24, 2.45) is 0 Å². The van der Waals surface area contributed by atoms with Crippen molar-refractivity contribution < 1.29 is 9.53 Å². The molecule has 0 aliphatic carbocycles. The fraction of sp³-hybridized carbons (Fsp3) is 0.812. The quantitative estimate of drug-likeness (QED) is 0.239. The first-order valence-corrected chi connectivity index (χ1v) is 11.4. The van der Waals surface area contributed by atoms with Crippen LogP contribution in [-0.2, 0) is 9.53 Å². The Morgan fingerprint density at radius 3 is 2.16 bits per heavy atom. The second-order valence-electron chi connectivity index (χ2n) is 6.51. The van der Waals surface area contributed by atoms with Crippen LogP contribution in [0.15, 0.2) is 11.6 Å². The maximum absolute atomic E-state index is 11.7. The van der Waals surface area contributed by atoms with E-state index in [1.807, 2.05) is 0 Å². The van der Waals surface area contributed by atoms with Gasteiger partial charge in [-0.1, -0.05) is 64.7 Å². The van der Waals surface area contributed by atoms with Gasteiger partial charge >= 0.3 is 5.97 Å². The highest BCUT2D eigenvalue weighted by Gasteiger charge is 2.20. The van der Waals surface area contributed by atoms with Gasteiger partial charge in [0.25, 0.3) is 0 Å². The Morgan fingerprint density at radius 1 is 1.05 bits per heavy atom. The predicted octanol–water partition coefficient (Wildman–Crippen LogP) is 5.17. The number of methoxy groups -OCH3 is 1. The summed E-state index contributed by atoms with van der Waals surface area (Å²) in [4.78, 5) is 11.7. The molecule has 0 radical (unpaired) electrons. The molecule has 0 unspecified atom stereocenters. The summed E-state index contributed by atoms with van der Waals surface area (Å²) in [5, 5.41) is 0. The van der Waals surface area contributed by atoms with Crippen LogP contribution in [0, 0.1) is 0 Å². The highest BCUT2D eigenvalue weighted by Crippen LogP contribution is 2.19. The van der Waals surface area contributed by atoms with Crippen molar-refractivity contribution in [1.29, 1.82) is 0 Å². The van der Waals surface area contributed by atoms with Gasteiger partial charge in [-0.3, -0.25) is 0 Å². The van der Waals surface area contributed by atoms with Gasteiger partial charge in [0.1, 0.15) is 0 Å². The van der Waals surface area contributed by atoms with Gasteiger partial charge < -0.3 is 4.74 Å². The van der Waals surface area contributed by atoms with E-state index >= 15 is 0 Å². The van der Waals surface area contributed by atoms with E-state index in [9.17, 15) is 4.79 Å². The van der Waals surface area contributed by atoms with Crippen LogP contribution in [0.25, 0.3) is 0 Å². The van der Waals surface area contributed by atoms with E-state index in [0.717, 1.165) is 18.0 Å². The number of rotatable bonds is 10. The van der Waals surface area contributed by atoms with Crippen molar-refractivity contribution in [3.8, 4) is 0 Å². The maximum Gasteiger partial charge on any atom is 0.333 e. The Balaban J connectivity index is 4.08. The molecule has 0 aromatic heterocycles. The number of carbonyl (C=O) groups is 1. The summed E-state index contributed by atoms with van der Waals surface area (Å²) in [5.41, 5.74) is 0.898. The number of ether oxygens (including phenoxy) is 1. The largest absolute Gasteiger partial charge is 0.466 e. The monoisotopic (exact) mass is 284 g/mol. The van der Waals surface area contributed by atoms with Crippen LogP contribution >= 0.6 is 0 Å². The molecule has 0 atom stereocenters. The Hall–Kier alpha value is -0.573. The normalized spacial score (nSPS) is 12.6. The molecule has 0 N–H and O–H groups in total. The molecule has 0 spiro atoms. The third-order valence-corrected chi connectivity index (χ3v) is 4.56. The number of allylic oxidation sites excluding steroid dienone is 1. The second kappa shape index (κ2) is 10.2. The molecule has 0 aliphatic rings. The molecule has 0 fully saturated rings. The second-order valence-corrected chi connectivity index (χ2v) is 12.0. The molecule has 0 amide bonds. The van der Waals surface area contributed by atoms with Gasteiger partial charge in [-0.2, -0.15) is 0 Å². The SMILES string of the molecule is CCCCCCCC/C=C(\C[Si](C)(C)C)C(=O)OC. The van der Waals surface area contributed by atoms with Crippen LogP contribution in [0.2, 0.25) is 25.7 Å². The third-order valence-electron chi connectivity index (χ3n) is 3.12. The Bertz CT molecular complexity index is 277. The van der Waals surface area contributed by atoms with E-state index in [1.54, 1.807) is 0 Å². The highest BCUT2D eigenvalue weighted by atomic mass is 28.3. The minimum absolute atomic E-state index is 0.131. The van der Waals surface area contributed by atoms with Crippen molar-refractivity contribution >= 4 is 14.0 Å². The average Bonchev–Trinajstić information content (AvgIpc) is 2.34. The van der Waals surface area contributed by atoms with Gasteiger partial charge in [0, 0.05) is 13.6 Å². The molecule has 112 valence electrons. The van der Waals surface area contributed by atoms with Gasteiger partial charge in [-0.05, 0) is 18.9 Å². The smallest absolute Gasteiger partial charge is 0.333 e. The van der Waals surface area contributed by atoms with Crippen LogP contribution < -0.4 is 0 Å². The molecular formula is C16H32O2Si. The molecule has 3 heteroatoms. The number of hydrogen-bond donors (Lipinski definition) is 0. The number of hydrogen-bond acceptors (Lipinski definition) is 2. The average molecular weight is 285 g/mol. The maximum atomic E-state index is 11.7. The summed E-state index contributed by atoms with van der Waals surface area (Å²) in [6.45, 7) is 9.10. The van der Waals surface area contributed by atoms with Gasteiger partial charge in [-0.15, -0.1) is 0 Å². The topological polar surface area (TPSA) is 26.3 Å². The first kappa shape index (κ1) is 18.4. The van der Waals surface area contributed by atoms with Crippen LogP contribution in [0.4, 0.5) is 0 Å². The van der Waals surface area contributed by atoms with E-state index in [2.05, 4.69) is 32.6 Å². The number of esters is 1. The lowest BCUT2D eigenvalue weighted by molar-refractivity contribution is -0.136. The van der Waals surface area contributed by atoms with E-state index in [4.69, 9.17) is 4.74 Å². The molecule has 0 aromatic rings. The summed E-state index contributed by atoms with van der Waals surface area (Å²) in [6.07, 6.45) is 10.9. The summed E-state index contributed by atoms with van der Waals surface area (Å²) >= 11 is 0. The highest BCUT2D eigenvalue weighted by molar-refractivity contribution is 6.77. The van der Waals surface area contributed by atoms with Crippen LogP contribution in [0.1, 0.15) is 51.9 Å². The summed E-state index contributed by atoms with van der Waals surface area (Å²) < 4.78 is 4.88. The molecule has 0 aliphatic heterocycles. The fourth-order valence-electron chi connectivity index (χ4n) is 2.13. The minimum atomic E-state index is -1.25. The lowest BCUT2D eigenvalue weighted by Gasteiger charge is -2.17. The van der Waals surface area contributed by atoms with E-state index in [1.165, 1.54) is 45.6 Å². The van der Waals surface area contributed by atoms with Gasteiger partial charge in [-0.25, -0.2) is 4.79 Å². The van der Waals surface area contributed by atoms with Gasteiger partial charge in [0.15, 0.2) is 0 Å². The number of unbranched alkanes of at least 4 members (excludes halogenated alkanes) is 6. The molecule has 0 saturated carbocycles. The van der Waals surface area contributed by atoms with Crippen molar-refractivity contribution in [2.75, 3.05) is 7.11 Å². The zero-order valence-electron chi connectivity index (χ0n) is 13.6. The molecule has 0 bridgehead atoms. The van der Waals surface area contributed by atoms with E-state index < -0.39 is 8.07 Å². The zero-order valence-corrected chi connectivity index (χ0v) is 14.6. The Labute approximate surface area is 120 Å². The van der Waals surface area contributed by atoms with Gasteiger partial charge in [0.05, 0.1) is 7.11 Å². The molecule has 0 heterocycles. The van der Waals surface area contributed by atoms with E-state index in [0.29, 0.717) is 0 Å². The van der Waals surface area contributed by atoms with E-state index in [-0.39, 0.29) is 5.97 Å². The molecule has 2 nitrogen and oxygen atoms in total. The van der Waals surface area contributed by atoms with Crippen molar-refractivity contribution in [3.63, 3.8) is 0 Å². The molecule has 0 aromatic carbocycles. The van der Waals surface area contributed by atoms with Gasteiger partial charge in [0.2, 0.25) is 0 Å². The molecule has 0 saturated heterocycles. The lowest BCUT2D eigenvalue weighted by atomic mass is 10.1. The van der Waals surface area contributed by atoms with Crippen molar-refractivity contribution in [1.82, 2.24) is 0 Å². The van der Waals surface area contributed by atoms with Crippen molar-refractivity contribution in [2.45, 2.75) is 77.6 Å². The lowest BCUT2D eigenvalue weighted by Crippen LogP contribution is -2.23.